The summed E-state index contributed by atoms with van der Waals surface area (Å²) < 4.78 is 18.8. The van der Waals surface area contributed by atoms with Gasteiger partial charge < -0.3 is 24.6 Å². The van der Waals surface area contributed by atoms with E-state index in [0.29, 0.717) is 60.0 Å². The highest BCUT2D eigenvalue weighted by molar-refractivity contribution is 6.42. The number of aromatic nitrogens is 1. The summed E-state index contributed by atoms with van der Waals surface area (Å²) in [5.41, 5.74) is 9.99. The number of nitrogens with one attached hydrogen (secondary N) is 1. The summed E-state index contributed by atoms with van der Waals surface area (Å²) in [5.74, 6) is 0.532. The molecule has 5 aromatic carbocycles. The number of carbonyl (C=O) groups is 2. The molecule has 0 saturated heterocycles. The number of halogens is 2. The molecule has 8 rings (SSSR count). The summed E-state index contributed by atoms with van der Waals surface area (Å²) >= 11 is 12.2. The maximum absolute atomic E-state index is 14.2. The fraction of sp³-hybridized carbons (Fsp3) is 0.229. The van der Waals surface area contributed by atoms with Crippen LogP contribution in [0.5, 0.6) is 17.2 Å². The van der Waals surface area contributed by atoms with E-state index in [1.807, 2.05) is 98.0 Å². The van der Waals surface area contributed by atoms with Crippen molar-refractivity contribution in [1.82, 2.24) is 15.2 Å². The van der Waals surface area contributed by atoms with Crippen LogP contribution < -0.4 is 19.5 Å². The van der Waals surface area contributed by atoms with Gasteiger partial charge >= 0.3 is 5.97 Å². The molecule has 9 nitrogen and oxygen atoms in total. The minimum atomic E-state index is -1.11. The van der Waals surface area contributed by atoms with E-state index < -0.39 is 18.1 Å². The van der Waals surface area contributed by atoms with E-state index in [-0.39, 0.29) is 18.4 Å². The van der Waals surface area contributed by atoms with Crippen LogP contribution in [0.25, 0.3) is 11.1 Å². The summed E-state index contributed by atoms with van der Waals surface area (Å²) in [5, 5.41) is 14.2. The number of amides is 1. The van der Waals surface area contributed by atoms with Crippen molar-refractivity contribution in [3.63, 3.8) is 0 Å². The highest BCUT2D eigenvalue weighted by atomic mass is 35.5. The molecule has 0 aliphatic carbocycles. The molecule has 0 unspecified atom stereocenters. The number of pyridine rings is 1. The Balaban J connectivity index is 0.974. The SMILES string of the molecule is Cc1ccccc1CN1Cc2cc3c(cc2C[C@H]1C(=O)N[C@@H](Cc1ccc(-c2ccncc2C)cc1)C(=O)O)OC[C@H](c1ccc(OCc2ccc(Cl)c(Cl)c2)cc1)O3. The zero-order chi connectivity index (χ0) is 41.0. The first-order chi connectivity index (χ1) is 28.6. The molecule has 0 bridgehead atoms. The number of carboxylic acid groups (broad SMARTS) is 1. The Morgan fingerprint density at radius 3 is 2.39 bits per heavy atom. The largest absolute Gasteiger partial charge is 0.489 e. The number of rotatable bonds is 12. The smallest absolute Gasteiger partial charge is 0.326 e. The van der Waals surface area contributed by atoms with Crippen LogP contribution in [0.4, 0.5) is 0 Å². The fourth-order valence-corrected chi connectivity index (χ4v) is 8.02. The molecular formula is C48H43Cl2N3O6. The minimum Gasteiger partial charge on any atom is -0.489 e. The summed E-state index contributed by atoms with van der Waals surface area (Å²) in [7, 11) is 0. The summed E-state index contributed by atoms with van der Waals surface area (Å²) in [6, 6.07) is 33.3. The Bertz CT molecular complexity index is 2490. The number of carbonyl (C=O) groups excluding carboxylic acids is 1. The zero-order valence-corrected chi connectivity index (χ0v) is 34.2. The van der Waals surface area contributed by atoms with E-state index in [4.69, 9.17) is 37.4 Å². The van der Waals surface area contributed by atoms with Gasteiger partial charge in [0, 0.05) is 31.9 Å². The summed E-state index contributed by atoms with van der Waals surface area (Å²) in [6.45, 7) is 5.69. The number of nitrogens with zero attached hydrogens (tertiary/aromatic N) is 2. The van der Waals surface area contributed by atoms with Gasteiger partial charge in [0.2, 0.25) is 5.91 Å². The molecule has 0 saturated carbocycles. The van der Waals surface area contributed by atoms with Gasteiger partial charge in [0.25, 0.3) is 0 Å². The van der Waals surface area contributed by atoms with Crippen molar-refractivity contribution >= 4 is 35.1 Å². The van der Waals surface area contributed by atoms with Crippen LogP contribution in [0.1, 0.15) is 50.6 Å². The van der Waals surface area contributed by atoms with E-state index in [9.17, 15) is 14.7 Å². The molecule has 6 aromatic rings. The number of fused-ring (bicyclic) bond motifs is 2. The average Bonchev–Trinajstić information content (AvgIpc) is 3.24. The number of benzene rings is 5. The van der Waals surface area contributed by atoms with E-state index >= 15 is 0 Å². The number of hydrogen-bond donors (Lipinski definition) is 2. The minimum absolute atomic E-state index is 0.145. The van der Waals surface area contributed by atoms with E-state index in [1.165, 1.54) is 0 Å². The number of carboxylic acids is 1. The third kappa shape index (κ3) is 9.23. The van der Waals surface area contributed by atoms with Crippen LogP contribution in [0.3, 0.4) is 0 Å². The zero-order valence-electron chi connectivity index (χ0n) is 32.7. The molecule has 11 heteroatoms. The maximum Gasteiger partial charge on any atom is 0.326 e. The number of hydrogen-bond acceptors (Lipinski definition) is 7. The Labute approximate surface area is 353 Å². The first kappa shape index (κ1) is 39.9. The molecule has 2 aliphatic heterocycles. The van der Waals surface area contributed by atoms with Crippen molar-refractivity contribution in [2.75, 3.05) is 6.61 Å². The Morgan fingerprint density at radius 1 is 0.881 bits per heavy atom. The predicted octanol–water partition coefficient (Wildman–Crippen LogP) is 9.50. The normalized spacial score (nSPS) is 16.5. The Morgan fingerprint density at radius 2 is 1.64 bits per heavy atom. The average molecular weight is 829 g/mol. The predicted molar refractivity (Wildman–Crippen MR) is 228 cm³/mol. The van der Waals surface area contributed by atoms with Gasteiger partial charge in [-0.25, -0.2) is 4.79 Å². The second kappa shape index (κ2) is 17.5. The quantitative estimate of drug-likeness (QED) is 0.126. The molecular weight excluding hydrogens is 785 g/mol. The van der Waals surface area contributed by atoms with Gasteiger partial charge in [-0.15, -0.1) is 0 Å². The first-order valence-corrected chi connectivity index (χ1v) is 20.3. The van der Waals surface area contributed by atoms with Crippen molar-refractivity contribution in [3.05, 3.63) is 176 Å². The molecule has 3 heterocycles. The van der Waals surface area contributed by atoms with Gasteiger partial charge in [0.05, 0.1) is 16.1 Å². The van der Waals surface area contributed by atoms with Crippen molar-refractivity contribution in [2.24, 2.45) is 0 Å². The lowest BCUT2D eigenvalue weighted by atomic mass is 9.91. The van der Waals surface area contributed by atoms with Gasteiger partial charge in [0.1, 0.15) is 25.0 Å². The monoisotopic (exact) mass is 827 g/mol. The van der Waals surface area contributed by atoms with E-state index in [1.54, 1.807) is 18.3 Å². The molecule has 2 aliphatic rings. The lowest BCUT2D eigenvalue weighted by molar-refractivity contribution is -0.142. The van der Waals surface area contributed by atoms with E-state index in [0.717, 1.165) is 55.6 Å². The van der Waals surface area contributed by atoms with Crippen LogP contribution >= 0.6 is 23.2 Å². The third-order valence-corrected chi connectivity index (χ3v) is 11.8. The van der Waals surface area contributed by atoms with Crippen LogP contribution in [0, 0.1) is 13.8 Å². The van der Waals surface area contributed by atoms with Crippen molar-refractivity contribution in [3.8, 4) is 28.4 Å². The van der Waals surface area contributed by atoms with Gasteiger partial charge in [-0.3, -0.25) is 14.7 Å². The van der Waals surface area contributed by atoms with Gasteiger partial charge in [0.15, 0.2) is 17.6 Å². The molecule has 59 heavy (non-hydrogen) atoms. The Hall–Kier alpha value is -5.87. The van der Waals surface area contributed by atoms with Crippen molar-refractivity contribution in [2.45, 2.75) is 64.6 Å². The first-order valence-electron chi connectivity index (χ1n) is 19.5. The number of aryl methyl sites for hydroxylation is 2. The number of ether oxygens (including phenoxy) is 3. The second-order valence-electron chi connectivity index (χ2n) is 15.1. The number of aliphatic carboxylic acids is 1. The van der Waals surface area contributed by atoms with Gasteiger partial charge in [-0.05, 0) is 118 Å². The summed E-state index contributed by atoms with van der Waals surface area (Å²) in [4.78, 5) is 33.1. The van der Waals surface area contributed by atoms with Crippen molar-refractivity contribution < 1.29 is 28.9 Å². The molecule has 3 atom stereocenters. The second-order valence-corrected chi connectivity index (χ2v) is 15.9. The molecule has 0 spiro atoms. The topological polar surface area (TPSA) is 110 Å². The molecule has 2 N–H and O–H groups in total. The Kier molecular flexibility index (Phi) is 11.9. The van der Waals surface area contributed by atoms with Crippen LogP contribution in [-0.4, -0.2) is 45.6 Å². The highest BCUT2D eigenvalue weighted by Crippen LogP contribution is 2.41. The lowest BCUT2D eigenvalue weighted by Gasteiger charge is -2.38. The molecule has 300 valence electrons. The van der Waals surface area contributed by atoms with Crippen molar-refractivity contribution in [1.29, 1.82) is 0 Å². The third-order valence-electron chi connectivity index (χ3n) is 11.1. The van der Waals surface area contributed by atoms with Crippen LogP contribution in [-0.2, 0) is 42.1 Å². The molecule has 1 amide bonds. The lowest BCUT2D eigenvalue weighted by Crippen LogP contribution is -2.54. The standard InChI is InChI=1S/C48H43Cl2N3O6/c1-29-5-3-4-6-35(29)25-53-26-37-23-45-44(58-28-46(59-45)34-12-14-38(15-13-34)57-27-32-9-16-40(49)41(50)19-32)22-36(37)21-43(53)47(54)52-42(48(55)56)20-31-7-10-33(11-8-31)39-17-18-51-24-30(39)2/h3-19,22-24,42-43,46H,20-21,25-28H2,1-2H3,(H,52,54)(H,55,56)/t42-,43-,46+/m0/s1. The van der Waals surface area contributed by atoms with E-state index in [2.05, 4.69) is 34.3 Å². The van der Waals surface area contributed by atoms with Crippen LogP contribution in [0.2, 0.25) is 10.0 Å². The van der Waals surface area contributed by atoms with Gasteiger partial charge in [-0.2, -0.15) is 0 Å². The summed E-state index contributed by atoms with van der Waals surface area (Å²) in [6.07, 6.45) is 3.76. The fourth-order valence-electron chi connectivity index (χ4n) is 7.70. The van der Waals surface area contributed by atoms with Crippen LogP contribution in [0.15, 0.2) is 122 Å². The maximum atomic E-state index is 14.2. The highest BCUT2D eigenvalue weighted by Gasteiger charge is 2.36. The van der Waals surface area contributed by atoms with Gasteiger partial charge in [-0.1, -0.05) is 89.9 Å². The molecule has 0 radical (unpaired) electrons. The molecule has 0 fully saturated rings. The molecule has 1 aromatic heterocycles.